The Morgan fingerprint density at radius 1 is 1.42 bits per heavy atom. The van der Waals surface area contributed by atoms with E-state index in [4.69, 9.17) is 9.39 Å². The van der Waals surface area contributed by atoms with Crippen LogP contribution in [0.5, 0.6) is 5.75 Å². The van der Waals surface area contributed by atoms with Gasteiger partial charge < -0.3 is 14.5 Å². The molecule has 0 saturated heterocycles. The largest absolute Gasteiger partial charge is 0.482 e. The predicted octanol–water partition coefficient (Wildman–Crippen LogP) is 2.01. The SMILES string of the molecule is C=C1COc2c(F)cc([B]OC(C)(C)C(C)(C)O)cc2N1C=NC. The summed E-state index contributed by atoms with van der Waals surface area (Å²) in [6.07, 6.45) is 1.56. The summed E-state index contributed by atoms with van der Waals surface area (Å²) < 4.78 is 25.5. The molecule has 1 aliphatic rings. The average Bonchev–Trinajstić information content (AvgIpc) is 2.47. The van der Waals surface area contributed by atoms with Crippen molar-refractivity contribution in [2.45, 2.75) is 38.9 Å². The molecular weight excluding hydrogens is 310 g/mol. The van der Waals surface area contributed by atoms with Crippen molar-refractivity contribution in [1.29, 1.82) is 0 Å². The molecule has 0 aliphatic carbocycles. The molecule has 1 aromatic carbocycles. The molecule has 7 heteroatoms. The third-order valence-electron chi connectivity index (χ3n) is 4.22. The molecule has 1 aromatic rings. The molecule has 0 aromatic heterocycles. The number of benzene rings is 1. The quantitative estimate of drug-likeness (QED) is 0.509. The third-order valence-corrected chi connectivity index (χ3v) is 4.22. The molecule has 0 unspecified atom stereocenters. The van der Waals surface area contributed by atoms with Crippen molar-refractivity contribution in [1.82, 2.24) is 0 Å². The Bertz CT molecular complexity index is 669. The number of halogens is 1. The standard InChI is InChI=1S/C17H23BFN2O3/c1-11-9-23-15-13(19)7-12(8-14(15)21(11)10-20-6)18-24-17(4,5)16(2,3)22/h7-8,10,22H,1,9H2,2-6H3. The molecule has 1 N–H and O–H groups in total. The number of aliphatic imine (C=N–C) groups is 1. The lowest BCUT2D eigenvalue weighted by Gasteiger charge is -2.37. The molecule has 0 spiro atoms. The van der Waals surface area contributed by atoms with Crippen LogP contribution >= 0.6 is 0 Å². The first-order valence-electron chi connectivity index (χ1n) is 7.66. The molecule has 0 fully saturated rings. The number of anilines is 1. The summed E-state index contributed by atoms with van der Waals surface area (Å²) in [5.74, 6) is -0.341. The van der Waals surface area contributed by atoms with Crippen LogP contribution in [0.4, 0.5) is 10.1 Å². The first-order chi connectivity index (χ1) is 11.1. The van der Waals surface area contributed by atoms with E-state index in [1.54, 1.807) is 52.0 Å². The molecule has 1 radical (unpaired) electrons. The van der Waals surface area contributed by atoms with Gasteiger partial charge in [0, 0.05) is 7.05 Å². The summed E-state index contributed by atoms with van der Waals surface area (Å²) in [5.41, 5.74) is -0.231. The van der Waals surface area contributed by atoms with E-state index in [0.717, 1.165) is 0 Å². The topological polar surface area (TPSA) is 54.3 Å². The molecule has 1 heterocycles. The fourth-order valence-electron chi connectivity index (χ4n) is 2.00. The zero-order valence-electron chi connectivity index (χ0n) is 14.8. The van der Waals surface area contributed by atoms with Crippen LogP contribution < -0.4 is 15.1 Å². The van der Waals surface area contributed by atoms with Gasteiger partial charge in [-0.25, -0.2) is 4.39 Å². The van der Waals surface area contributed by atoms with Crippen LogP contribution in [0.1, 0.15) is 27.7 Å². The normalized spacial score (nSPS) is 15.5. The van der Waals surface area contributed by atoms with Crippen molar-refractivity contribution >= 4 is 25.0 Å². The molecule has 2 rings (SSSR count). The summed E-state index contributed by atoms with van der Waals surface area (Å²) in [5, 5.41) is 10.1. The summed E-state index contributed by atoms with van der Waals surface area (Å²) >= 11 is 0. The lowest BCUT2D eigenvalue weighted by Crippen LogP contribution is -2.49. The first kappa shape index (κ1) is 18.5. The molecule has 1 aliphatic heterocycles. The van der Waals surface area contributed by atoms with Crippen molar-refractivity contribution in [2.24, 2.45) is 4.99 Å². The van der Waals surface area contributed by atoms with Crippen LogP contribution in [0.2, 0.25) is 0 Å². The zero-order valence-corrected chi connectivity index (χ0v) is 14.8. The highest BCUT2D eigenvalue weighted by Crippen LogP contribution is 2.35. The fourth-order valence-corrected chi connectivity index (χ4v) is 2.00. The highest BCUT2D eigenvalue weighted by Gasteiger charge is 2.36. The monoisotopic (exact) mass is 333 g/mol. The van der Waals surface area contributed by atoms with Gasteiger partial charge in [0.25, 0.3) is 0 Å². The average molecular weight is 333 g/mol. The van der Waals surface area contributed by atoms with E-state index in [2.05, 4.69) is 11.6 Å². The van der Waals surface area contributed by atoms with Gasteiger partial charge in [-0.3, -0.25) is 9.89 Å². The second-order valence-corrected chi connectivity index (χ2v) is 6.75. The number of aliphatic hydroxyl groups is 1. The molecule has 129 valence electrons. The Labute approximate surface area is 143 Å². The second kappa shape index (κ2) is 6.57. The number of nitrogens with zero attached hydrogens (tertiary/aromatic N) is 2. The highest BCUT2D eigenvalue weighted by atomic mass is 19.1. The lowest BCUT2D eigenvalue weighted by atomic mass is 9.82. The summed E-state index contributed by atoms with van der Waals surface area (Å²) in [4.78, 5) is 5.65. The van der Waals surface area contributed by atoms with Crippen LogP contribution in [0, 0.1) is 5.82 Å². The second-order valence-electron chi connectivity index (χ2n) is 6.75. The smallest absolute Gasteiger partial charge is 0.331 e. The molecule has 5 nitrogen and oxygen atoms in total. The molecule has 0 atom stereocenters. The highest BCUT2D eigenvalue weighted by molar-refractivity contribution is 6.47. The molecular formula is C17H23BFN2O3. The number of hydrogen-bond acceptors (Lipinski definition) is 4. The minimum absolute atomic E-state index is 0.154. The van der Waals surface area contributed by atoms with Gasteiger partial charge in [0.1, 0.15) is 6.61 Å². The molecule has 0 bridgehead atoms. The van der Waals surface area contributed by atoms with Crippen molar-refractivity contribution in [3.05, 3.63) is 30.2 Å². The molecule has 0 saturated carbocycles. The Morgan fingerprint density at radius 2 is 2.08 bits per heavy atom. The van der Waals surface area contributed by atoms with Gasteiger partial charge in [-0.15, -0.1) is 0 Å². The Kier molecular flexibility index (Phi) is 5.06. The Hall–Kier alpha value is -1.86. The molecule has 0 amide bonds. The van der Waals surface area contributed by atoms with E-state index >= 15 is 0 Å². The maximum atomic E-state index is 14.4. The van der Waals surface area contributed by atoms with Crippen molar-refractivity contribution in [3.8, 4) is 5.75 Å². The number of fused-ring (bicyclic) bond motifs is 1. The predicted molar refractivity (Wildman–Crippen MR) is 94.8 cm³/mol. The van der Waals surface area contributed by atoms with Crippen LogP contribution in [0.3, 0.4) is 0 Å². The van der Waals surface area contributed by atoms with E-state index in [0.29, 0.717) is 16.8 Å². The van der Waals surface area contributed by atoms with Gasteiger partial charge in [0.15, 0.2) is 11.6 Å². The van der Waals surface area contributed by atoms with Gasteiger partial charge in [-0.1, -0.05) is 6.58 Å². The van der Waals surface area contributed by atoms with Crippen LogP contribution in [-0.4, -0.2) is 43.8 Å². The fraction of sp³-hybridized carbons (Fsp3) is 0.471. The lowest BCUT2D eigenvalue weighted by molar-refractivity contribution is -0.0893. The van der Waals surface area contributed by atoms with E-state index in [9.17, 15) is 9.50 Å². The van der Waals surface area contributed by atoms with E-state index in [1.807, 2.05) is 0 Å². The van der Waals surface area contributed by atoms with Crippen LogP contribution in [0.25, 0.3) is 0 Å². The minimum Gasteiger partial charge on any atom is -0.482 e. The van der Waals surface area contributed by atoms with E-state index in [1.165, 1.54) is 13.5 Å². The van der Waals surface area contributed by atoms with Gasteiger partial charge in [0.2, 0.25) is 0 Å². The number of rotatable bonds is 5. The maximum absolute atomic E-state index is 14.4. The van der Waals surface area contributed by atoms with E-state index in [-0.39, 0.29) is 12.4 Å². The summed E-state index contributed by atoms with van der Waals surface area (Å²) in [6.45, 7) is 10.9. The van der Waals surface area contributed by atoms with Gasteiger partial charge in [-0.2, -0.15) is 0 Å². The third kappa shape index (κ3) is 3.62. The van der Waals surface area contributed by atoms with Gasteiger partial charge >= 0.3 is 7.48 Å². The number of ether oxygens (including phenoxy) is 1. The van der Waals surface area contributed by atoms with Crippen molar-refractivity contribution in [2.75, 3.05) is 18.6 Å². The first-order valence-corrected chi connectivity index (χ1v) is 7.66. The Morgan fingerprint density at radius 3 is 2.67 bits per heavy atom. The number of hydrogen-bond donors (Lipinski definition) is 1. The van der Waals surface area contributed by atoms with Crippen molar-refractivity contribution in [3.63, 3.8) is 0 Å². The van der Waals surface area contributed by atoms with Crippen LogP contribution in [-0.2, 0) is 4.65 Å². The van der Waals surface area contributed by atoms with E-state index < -0.39 is 17.0 Å². The van der Waals surface area contributed by atoms with Gasteiger partial charge in [0.05, 0.1) is 28.9 Å². The molecule has 24 heavy (non-hydrogen) atoms. The minimum atomic E-state index is -1.06. The van der Waals surface area contributed by atoms with Crippen molar-refractivity contribution < 1.29 is 18.9 Å². The Balaban J connectivity index is 2.31. The maximum Gasteiger partial charge on any atom is 0.331 e. The summed E-state index contributed by atoms with van der Waals surface area (Å²) in [7, 11) is 3.06. The summed E-state index contributed by atoms with van der Waals surface area (Å²) in [6, 6.07) is 3.06. The van der Waals surface area contributed by atoms with Crippen LogP contribution in [0.15, 0.2) is 29.4 Å². The zero-order chi connectivity index (χ0) is 18.1. The van der Waals surface area contributed by atoms with Gasteiger partial charge in [-0.05, 0) is 45.3 Å².